The highest BCUT2D eigenvalue weighted by Gasteiger charge is 2.30. The van der Waals surface area contributed by atoms with Gasteiger partial charge in [0.2, 0.25) is 23.6 Å². The fourth-order valence-electron chi connectivity index (χ4n) is 2.78. The summed E-state index contributed by atoms with van der Waals surface area (Å²) in [4.78, 5) is 59.9. The number of rotatable bonds is 11. The third-order valence-electron chi connectivity index (χ3n) is 5.12. The van der Waals surface area contributed by atoms with E-state index < -0.39 is 52.7 Å². The van der Waals surface area contributed by atoms with Crippen molar-refractivity contribution in [2.75, 3.05) is 5.32 Å². The van der Waals surface area contributed by atoms with Crippen LogP contribution in [0.5, 0.6) is 0 Å². The molecule has 4 atom stereocenters. The Morgan fingerprint density at radius 3 is 1.74 bits per heavy atom. The molecule has 4 amide bonds. The highest BCUT2D eigenvalue weighted by molar-refractivity contribution is 5.98. The zero-order chi connectivity index (χ0) is 26.2. The summed E-state index contributed by atoms with van der Waals surface area (Å²) < 4.78 is 0. The minimum Gasteiger partial charge on any atom is -0.343 e. The van der Waals surface area contributed by atoms with Crippen molar-refractivity contribution >= 4 is 35.0 Å². The number of nitro groups is 1. The molecule has 1 aromatic rings. The first kappa shape index (κ1) is 28.5. The highest BCUT2D eigenvalue weighted by atomic mass is 16.6. The Morgan fingerprint density at radius 1 is 0.765 bits per heavy atom. The number of nitro benzene ring substituents is 1. The molecule has 0 heterocycles. The van der Waals surface area contributed by atoms with Crippen LogP contribution in [0, 0.1) is 22.0 Å². The quantitative estimate of drug-likeness (QED) is 0.228. The summed E-state index contributed by atoms with van der Waals surface area (Å²) in [6, 6.07) is 1.63. The SMILES string of the molecule is CC(C)[C@H](N)C(=O)N[C@@H](C(=O)N[C@@H](C)C(=O)N[C@@H](C)C(=O)Nc1ccc([N+](=O)[O-])cc1)C(C)C. The third-order valence-corrected chi connectivity index (χ3v) is 5.12. The number of amides is 4. The smallest absolute Gasteiger partial charge is 0.269 e. The molecule has 1 aromatic carbocycles. The van der Waals surface area contributed by atoms with Gasteiger partial charge in [-0.25, -0.2) is 0 Å². The number of benzene rings is 1. The second kappa shape index (κ2) is 12.6. The van der Waals surface area contributed by atoms with Crippen LogP contribution in [0.1, 0.15) is 41.5 Å². The van der Waals surface area contributed by atoms with Crippen molar-refractivity contribution in [3.05, 3.63) is 34.4 Å². The zero-order valence-electron chi connectivity index (χ0n) is 20.2. The van der Waals surface area contributed by atoms with Gasteiger partial charge in [-0.1, -0.05) is 27.7 Å². The number of carbonyl (C=O) groups excluding carboxylic acids is 4. The lowest BCUT2D eigenvalue weighted by molar-refractivity contribution is -0.384. The second-order valence-electron chi connectivity index (χ2n) is 8.75. The van der Waals surface area contributed by atoms with Gasteiger partial charge < -0.3 is 27.0 Å². The van der Waals surface area contributed by atoms with E-state index in [1.807, 2.05) is 0 Å². The largest absolute Gasteiger partial charge is 0.343 e. The van der Waals surface area contributed by atoms with E-state index in [-0.39, 0.29) is 17.5 Å². The van der Waals surface area contributed by atoms with Gasteiger partial charge in [-0.05, 0) is 37.8 Å². The monoisotopic (exact) mass is 478 g/mol. The van der Waals surface area contributed by atoms with E-state index in [9.17, 15) is 29.3 Å². The van der Waals surface area contributed by atoms with Crippen molar-refractivity contribution in [2.45, 2.75) is 65.7 Å². The van der Waals surface area contributed by atoms with Crippen LogP contribution < -0.4 is 27.0 Å². The predicted molar refractivity (Wildman–Crippen MR) is 127 cm³/mol. The summed E-state index contributed by atoms with van der Waals surface area (Å²) in [6.45, 7) is 9.99. The number of anilines is 1. The fourth-order valence-corrected chi connectivity index (χ4v) is 2.78. The van der Waals surface area contributed by atoms with Gasteiger partial charge in [0.1, 0.15) is 18.1 Å². The van der Waals surface area contributed by atoms with Crippen molar-refractivity contribution in [3.63, 3.8) is 0 Å². The fraction of sp³-hybridized carbons (Fsp3) is 0.545. The van der Waals surface area contributed by atoms with Crippen molar-refractivity contribution in [2.24, 2.45) is 17.6 Å². The number of carbonyl (C=O) groups is 4. The summed E-state index contributed by atoms with van der Waals surface area (Å²) in [5, 5.41) is 20.9. The topological polar surface area (TPSA) is 186 Å². The Hall–Kier alpha value is -3.54. The van der Waals surface area contributed by atoms with Crippen molar-refractivity contribution in [1.82, 2.24) is 16.0 Å². The minimum atomic E-state index is -0.987. The summed E-state index contributed by atoms with van der Waals surface area (Å²) in [5.41, 5.74) is 6.05. The van der Waals surface area contributed by atoms with Gasteiger partial charge in [-0.15, -0.1) is 0 Å². The van der Waals surface area contributed by atoms with Gasteiger partial charge in [0.05, 0.1) is 11.0 Å². The maximum Gasteiger partial charge on any atom is 0.269 e. The highest BCUT2D eigenvalue weighted by Crippen LogP contribution is 2.15. The van der Waals surface area contributed by atoms with Crippen LogP contribution in [-0.4, -0.2) is 52.7 Å². The molecule has 0 aromatic heterocycles. The van der Waals surface area contributed by atoms with E-state index in [1.165, 1.54) is 38.1 Å². The van der Waals surface area contributed by atoms with E-state index in [0.717, 1.165) is 0 Å². The number of nitrogens with two attached hydrogens (primary N) is 1. The molecule has 1 rings (SSSR count). The first-order valence-corrected chi connectivity index (χ1v) is 11.0. The lowest BCUT2D eigenvalue weighted by Gasteiger charge is -2.26. The summed E-state index contributed by atoms with van der Waals surface area (Å²) in [7, 11) is 0. The molecule has 188 valence electrons. The molecule has 0 spiro atoms. The van der Waals surface area contributed by atoms with Gasteiger partial charge in [0.25, 0.3) is 5.69 Å². The lowest BCUT2D eigenvalue weighted by atomic mass is 10.00. The average Bonchev–Trinajstić information content (AvgIpc) is 2.76. The Bertz CT molecular complexity index is 902. The molecule has 0 radical (unpaired) electrons. The van der Waals surface area contributed by atoms with E-state index in [2.05, 4.69) is 21.3 Å². The van der Waals surface area contributed by atoms with Crippen molar-refractivity contribution in [1.29, 1.82) is 0 Å². The summed E-state index contributed by atoms with van der Waals surface area (Å²) >= 11 is 0. The van der Waals surface area contributed by atoms with Gasteiger partial charge in [0.15, 0.2) is 0 Å². The van der Waals surface area contributed by atoms with Crippen molar-refractivity contribution in [3.8, 4) is 0 Å². The van der Waals surface area contributed by atoms with Crippen LogP contribution in [0.4, 0.5) is 11.4 Å². The van der Waals surface area contributed by atoms with E-state index in [1.54, 1.807) is 27.7 Å². The number of nitrogens with one attached hydrogen (secondary N) is 4. The number of nitrogens with zero attached hydrogens (tertiary/aromatic N) is 1. The van der Waals surface area contributed by atoms with Crippen LogP contribution >= 0.6 is 0 Å². The molecule has 6 N–H and O–H groups in total. The van der Waals surface area contributed by atoms with E-state index in [4.69, 9.17) is 5.73 Å². The maximum absolute atomic E-state index is 12.7. The summed E-state index contributed by atoms with van der Waals surface area (Å²) in [6.07, 6.45) is 0. The van der Waals surface area contributed by atoms with E-state index >= 15 is 0 Å². The molecule has 0 aliphatic carbocycles. The van der Waals surface area contributed by atoms with Gasteiger partial charge in [0, 0.05) is 17.8 Å². The standard InChI is InChI=1S/C22H34N6O6/c1-11(2)17(23)21(31)27-18(12(3)4)22(32)25-13(5)19(29)24-14(6)20(30)26-15-7-9-16(10-8-15)28(33)34/h7-14,17-18H,23H2,1-6H3,(H,24,29)(H,25,32)(H,26,30)(H,27,31)/t13-,14-,17-,18+/m0/s1. The molecule has 12 heteroatoms. The predicted octanol–water partition coefficient (Wildman–Crippen LogP) is 0.667. The van der Waals surface area contributed by atoms with Crippen LogP contribution in [0.2, 0.25) is 0 Å². The van der Waals surface area contributed by atoms with Crippen molar-refractivity contribution < 1.29 is 24.1 Å². The average molecular weight is 479 g/mol. The van der Waals surface area contributed by atoms with Crippen LogP contribution in [0.25, 0.3) is 0 Å². The molecular weight excluding hydrogens is 444 g/mol. The Labute approximate surface area is 198 Å². The number of hydrogen-bond donors (Lipinski definition) is 5. The van der Waals surface area contributed by atoms with Gasteiger partial charge >= 0.3 is 0 Å². The molecule has 0 bridgehead atoms. The molecule has 0 fully saturated rings. The molecule has 0 saturated heterocycles. The molecule has 0 unspecified atom stereocenters. The normalized spacial score (nSPS) is 14.5. The number of hydrogen-bond acceptors (Lipinski definition) is 7. The molecular formula is C22H34N6O6. The summed E-state index contributed by atoms with van der Waals surface area (Å²) in [5.74, 6) is -2.53. The Balaban J connectivity index is 2.67. The molecule has 0 aliphatic rings. The zero-order valence-corrected chi connectivity index (χ0v) is 20.2. The Kier molecular flexibility index (Phi) is 10.6. The lowest BCUT2D eigenvalue weighted by Crippen LogP contribution is -2.58. The van der Waals surface area contributed by atoms with E-state index in [0.29, 0.717) is 5.69 Å². The van der Waals surface area contributed by atoms with Gasteiger partial charge in [-0.3, -0.25) is 29.3 Å². The maximum atomic E-state index is 12.7. The molecule has 34 heavy (non-hydrogen) atoms. The third kappa shape index (κ3) is 8.43. The first-order chi connectivity index (χ1) is 15.7. The van der Waals surface area contributed by atoms with Gasteiger partial charge in [-0.2, -0.15) is 0 Å². The number of non-ortho nitro benzene ring substituents is 1. The minimum absolute atomic E-state index is 0.112. The molecule has 0 aliphatic heterocycles. The molecule has 0 saturated carbocycles. The Morgan fingerprint density at radius 2 is 1.26 bits per heavy atom. The van der Waals surface area contributed by atoms with Crippen LogP contribution in [0.3, 0.4) is 0 Å². The molecule has 12 nitrogen and oxygen atoms in total. The van der Waals surface area contributed by atoms with Crippen LogP contribution in [0.15, 0.2) is 24.3 Å². The first-order valence-electron chi connectivity index (χ1n) is 11.0. The second-order valence-corrected chi connectivity index (χ2v) is 8.75. The van der Waals surface area contributed by atoms with Crippen LogP contribution in [-0.2, 0) is 19.2 Å².